The number of amides is 2. The van der Waals surface area contributed by atoms with Gasteiger partial charge in [0, 0.05) is 6.20 Å². The number of carboxylic acids is 1. The third-order valence-corrected chi connectivity index (χ3v) is 2.87. The SMILES string of the molecule is Cc1ccc(NC(=O)Nc2cnn(CC(=O)O)c2)c(Cl)c1. The number of anilines is 2. The van der Waals surface area contributed by atoms with Gasteiger partial charge in [-0.15, -0.1) is 0 Å². The molecule has 0 fully saturated rings. The highest BCUT2D eigenvalue weighted by Crippen LogP contribution is 2.22. The molecule has 0 aliphatic heterocycles. The zero-order chi connectivity index (χ0) is 15.4. The minimum Gasteiger partial charge on any atom is -0.480 e. The Balaban J connectivity index is 1.98. The molecule has 7 nitrogen and oxygen atoms in total. The maximum absolute atomic E-state index is 11.8. The Labute approximate surface area is 125 Å². The highest BCUT2D eigenvalue weighted by Gasteiger charge is 2.08. The average Bonchev–Trinajstić information content (AvgIpc) is 2.79. The fourth-order valence-electron chi connectivity index (χ4n) is 1.66. The van der Waals surface area contributed by atoms with Crippen LogP contribution in [0, 0.1) is 6.92 Å². The molecule has 0 aliphatic carbocycles. The Kier molecular flexibility index (Phi) is 4.44. The van der Waals surface area contributed by atoms with E-state index in [4.69, 9.17) is 16.7 Å². The highest BCUT2D eigenvalue weighted by molar-refractivity contribution is 6.33. The molecule has 8 heteroatoms. The van der Waals surface area contributed by atoms with Crippen molar-refractivity contribution < 1.29 is 14.7 Å². The Morgan fingerprint density at radius 1 is 1.38 bits per heavy atom. The molecule has 2 amide bonds. The van der Waals surface area contributed by atoms with Crippen LogP contribution in [0.4, 0.5) is 16.2 Å². The largest absolute Gasteiger partial charge is 0.480 e. The average molecular weight is 309 g/mol. The smallest absolute Gasteiger partial charge is 0.325 e. The Morgan fingerprint density at radius 3 is 2.81 bits per heavy atom. The van der Waals surface area contributed by atoms with Gasteiger partial charge in [-0.05, 0) is 24.6 Å². The van der Waals surface area contributed by atoms with E-state index in [1.54, 1.807) is 12.1 Å². The van der Waals surface area contributed by atoms with E-state index in [0.717, 1.165) is 5.56 Å². The van der Waals surface area contributed by atoms with Crippen molar-refractivity contribution in [1.29, 1.82) is 0 Å². The van der Waals surface area contributed by atoms with Crippen LogP contribution in [-0.4, -0.2) is 26.9 Å². The summed E-state index contributed by atoms with van der Waals surface area (Å²) in [6.07, 6.45) is 2.78. The number of nitrogens with zero attached hydrogens (tertiary/aromatic N) is 2. The molecule has 2 rings (SSSR count). The molecule has 0 saturated carbocycles. The molecule has 0 aliphatic rings. The molecular weight excluding hydrogens is 296 g/mol. The van der Waals surface area contributed by atoms with E-state index in [-0.39, 0.29) is 6.54 Å². The van der Waals surface area contributed by atoms with Crippen molar-refractivity contribution in [1.82, 2.24) is 9.78 Å². The number of aliphatic carboxylic acids is 1. The Morgan fingerprint density at radius 2 is 2.14 bits per heavy atom. The van der Waals surface area contributed by atoms with Crippen molar-refractivity contribution in [2.45, 2.75) is 13.5 Å². The summed E-state index contributed by atoms with van der Waals surface area (Å²) < 4.78 is 1.21. The van der Waals surface area contributed by atoms with Crippen molar-refractivity contribution in [3.63, 3.8) is 0 Å². The molecule has 0 radical (unpaired) electrons. The van der Waals surface area contributed by atoms with Crippen LogP contribution in [0.1, 0.15) is 5.56 Å². The molecule has 0 atom stereocenters. The minimum absolute atomic E-state index is 0.271. The van der Waals surface area contributed by atoms with E-state index < -0.39 is 12.0 Å². The lowest BCUT2D eigenvalue weighted by atomic mass is 10.2. The van der Waals surface area contributed by atoms with Crippen molar-refractivity contribution in [2.24, 2.45) is 0 Å². The molecule has 2 aromatic rings. The number of halogens is 1. The Hall–Kier alpha value is -2.54. The molecule has 0 saturated heterocycles. The standard InChI is InChI=1S/C13H13ClN4O3/c1-8-2-3-11(10(14)4-8)17-13(21)16-9-5-15-18(6-9)7-12(19)20/h2-6H,7H2,1H3,(H,19,20)(H2,16,17,21). The van der Waals surface area contributed by atoms with Gasteiger partial charge >= 0.3 is 12.0 Å². The van der Waals surface area contributed by atoms with E-state index in [1.165, 1.54) is 17.1 Å². The number of hydrogen-bond donors (Lipinski definition) is 3. The first-order chi connectivity index (χ1) is 9.94. The van der Waals surface area contributed by atoms with Crippen LogP contribution in [-0.2, 0) is 11.3 Å². The van der Waals surface area contributed by atoms with Gasteiger partial charge in [0.1, 0.15) is 6.54 Å². The summed E-state index contributed by atoms with van der Waals surface area (Å²) in [5.74, 6) is -1.01. The topological polar surface area (TPSA) is 96.3 Å². The van der Waals surface area contributed by atoms with Crippen LogP contribution in [0.5, 0.6) is 0 Å². The van der Waals surface area contributed by atoms with E-state index in [9.17, 15) is 9.59 Å². The predicted molar refractivity (Wildman–Crippen MR) is 78.7 cm³/mol. The van der Waals surface area contributed by atoms with Gasteiger partial charge in [0.05, 0.1) is 22.6 Å². The van der Waals surface area contributed by atoms with Gasteiger partial charge in [-0.1, -0.05) is 17.7 Å². The molecule has 0 unspecified atom stereocenters. The van der Waals surface area contributed by atoms with Gasteiger partial charge in [0.25, 0.3) is 0 Å². The molecule has 21 heavy (non-hydrogen) atoms. The number of carbonyl (C=O) groups excluding carboxylic acids is 1. The van der Waals surface area contributed by atoms with E-state index in [1.807, 2.05) is 13.0 Å². The number of carboxylic acid groups (broad SMARTS) is 1. The number of carbonyl (C=O) groups is 2. The lowest BCUT2D eigenvalue weighted by molar-refractivity contribution is -0.137. The van der Waals surface area contributed by atoms with Gasteiger partial charge in [-0.2, -0.15) is 5.10 Å². The predicted octanol–water partition coefficient (Wildman–Crippen LogP) is 2.57. The second kappa shape index (κ2) is 6.27. The van der Waals surface area contributed by atoms with Crippen molar-refractivity contribution >= 4 is 35.0 Å². The van der Waals surface area contributed by atoms with Crippen LogP contribution >= 0.6 is 11.6 Å². The fraction of sp³-hybridized carbons (Fsp3) is 0.154. The van der Waals surface area contributed by atoms with Gasteiger partial charge in [0.2, 0.25) is 0 Å². The minimum atomic E-state index is -1.01. The molecular formula is C13H13ClN4O3. The van der Waals surface area contributed by atoms with Crippen LogP contribution in [0.15, 0.2) is 30.6 Å². The fourth-order valence-corrected chi connectivity index (χ4v) is 1.94. The van der Waals surface area contributed by atoms with E-state index in [0.29, 0.717) is 16.4 Å². The third kappa shape index (κ3) is 4.22. The van der Waals surface area contributed by atoms with Crippen LogP contribution in [0.2, 0.25) is 5.02 Å². The zero-order valence-corrected chi connectivity index (χ0v) is 11.9. The molecule has 0 bridgehead atoms. The molecule has 3 N–H and O–H groups in total. The second-order valence-electron chi connectivity index (χ2n) is 4.38. The number of benzene rings is 1. The van der Waals surface area contributed by atoms with Crippen LogP contribution in [0.3, 0.4) is 0 Å². The lowest BCUT2D eigenvalue weighted by Crippen LogP contribution is -2.19. The monoisotopic (exact) mass is 308 g/mol. The van der Waals surface area contributed by atoms with Crippen molar-refractivity contribution in [2.75, 3.05) is 10.6 Å². The number of aryl methyl sites for hydroxylation is 1. The summed E-state index contributed by atoms with van der Waals surface area (Å²) in [6.45, 7) is 1.62. The number of nitrogens with one attached hydrogen (secondary N) is 2. The summed E-state index contributed by atoms with van der Waals surface area (Å²) in [7, 11) is 0. The maximum atomic E-state index is 11.8. The summed E-state index contributed by atoms with van der Waals surface area (Å²) in [5, 5.41) is 18.0. The van der Waals surface area contributed by atoms with E-state index >= 15 is 0 Å². The molecule has 1 heterocycles. The number of aromatic nitrogens is 2. The van der Waals surface area contributed by atoms with Gasteiger partial charge in [-0.25, -0.2) is 4.79 Å². The Bertz CT molecular complexity index is 684. The first kappa shape index (κ1) is 14.9. The van der Waals surface area contributed by atoms with Gasteiger partial charge in [-0.3, -0.25) is 9.48 Å². The van der Waals surface area contributed by atoms with Gasteiger partial charge < -0.3 is 15.7 Å². The number of hydrogen-bond acceptors (Lipinski definition) is 3. The normalized spacial score (nSPS) is 10.2. The summed E-state index contributed by atoms with van der Waals surface area (Å²) in [5.41, 5.74) is 1.86. The quantitative estimate of drug-likeness (QED) is 0.808. The molecule has 110 valence electrons. The lowest BCUT2D eigenvalue weighted by Gasteiger charge is -2.08. The van der Waals surface area contributed by atoms with E-state index in [2.05, 4.69) is 15.7 Å². The maximum Gasteiger partial charge on any atom is 0.325 e. The second-order valence-corrected chi connectivity index (χ2v) is 4.79. The number of urea groups is 1. The number of rotatable bonds is 4. The van der Waals surface area contributed by atoms with Crippen molar-refractivity contribution in [3.05, 3.63) is 41.2 Å². The van der Waals surface area contributed by atoms with Gasteiger partial charge in [0.15, 0.2) is 0 Å². The molecule has 1 aromatic heterocycles. The van der Waals surface area contributed by atoms with Crippen molar-refractivity contribution in [3.8, 4) is 0 Å². The highest BCUT2D eigenvalue weighted by atomic mass is 35.5. The first-order valence-electron chi connectivity index (χ1n) is 6.02. The van der Waals surface area contributed by atoms with Crippen LogP contribution in [0.25, 0.3) is 0 Å². The zero-order valence-electron chi connectivity index (χ0n) is 11.1. The molecule has 0 spiro atoms. The summed E-state index contributed by atoms with van der Waals surface area (Å²) in [4.78, 5) is 22.3. The third-order valence-electron chi connectivity index (χ3n) is 2.56. The first-order valence-corrected chi connectivity index (χ1v) is 6.40. The molecule has 1 aromatic carbocycles. The summed E-state index contributed by atoms with van der Waals surface area (Å²) in [6, 6.07) is 4.77. The summed E-state index contributed by atoms with van der Waals surface area (Å²) >= 11 is 6.01. The van der Waals surface area contributed by atoms with Crippen LogP contribution < -0.4 is 10.6 Å².